The molecule has 6 nitrogen and oxygen atoms in total. The maximum Gasteiger partial charge on any atom is 0.375 e. The van der Waals surface area contributed by atoms with Crippen molar-refractivity contribution in [2.75, 3.05) is 20.3 Å². The van der Waals surface area contributed by atoms with Crippen molar-refractivity contribution in [2.45, 2.75) is 52.0 Å². The van der Waals surface area contributed by atoms with E-state index in [2.05, 4.69) is 0 Å². The average Bonchev–Trinajstić information content (AvgIpc) is 3.02. The average molecular weight is 373 g/mol. The molecule has 1 aliphatic rings. The Labute approximate surface area is 159 Å². The fourth-order valence-electron chi connectivity index (χ4n) is 3.62. The molecule has 3 rings (SSSR count). The van der Waals surface area contributed by atoms with Crippen molar-refractivity contribution in [1.82, 2.24) is 4.90 Å². The summed E-state index contributed by atoms with van der Waals surface area (Å²) in [6.07, 6.45) is 5.54. The van der Waals surface area contributed by atoms with Crippen LogP contribution in [-0.4, -0.2) is 43.1 Å². The van der Waals surface area contributed by atoms with Gasteiger partial charge in [0.1, 0.15) is 11.3 Å². The van der Waals surface area contributed by atoms with Crippen LogP contribution >= 0.6 is 0 Å². The molecule has 0 unspecified atom stereocenters. The number of carbonyl (C=O) groups excluding carboxylic acids is 2. The van der Waals surface area contributed by atoms with E-state index in [9.17, 15) is 9.59 Å². The predicted octanol–water partition coefficient (Wildman–Crippen LogP) is 4.09. The quantitative estimate of drug-likeness (QED) is 0.714. The standard InChI is InChI=1S/C21H27NO5/c1-4-25-16-10-11-18-17(12-16)14(2)20(27-18)21(24)26-13-19(23)22(3)15-8-6-5-7-9-15/h10-12,15H,4-9,13H2,1-3H3. The topological polar surface area (TPSA) is 69.0 Å². The van der Waals surface area contributed by atoms with Crippen molar-refractivity contribution in [3.63, 3.8) is 0 Å². The molecule has 27 heavy (non-hydrogen) atoms. The molecule has 1 amide bonds. The summed E-state index contributed by atoms with van der Waals surface area (Å²) >= 11 is 0. The number of amides is 1. The Hall–Kier alpha value is -2.50. The zero-order valence-corrected chi connectivity index (χ0v) is 16.2. The number of ether oxygens (including phenoxy) is 2. The molecule has 6 heteroatoms. The molecule has 146 valence electrons. The zero-order valence-electron chi connectivity index (χ0n) is 16.2. The molecule has 1 aromatic heterocycles. The Balaban J connectivity index is 1.65. The summed E-state index contributed by atoms with van der Waals surface area (Å²) in [5.41, 5.74) is 1.28. The SMILES string of the molecule is CCOc1ccc2oc(C(=O)OCC(=O)N(C)C3CCCCC3)c(C)c2c1. The minimum absolute atomic E-state index is 0.131. The first-order chi connectivity index (χ1) is 13.0. The third kappa shape index (κ3) is 4.26. The van der Waals surface area contributed by atoms with Crippen LogP contribution in [0.5, 0.6) is 5.75 Å². The lowest BCUT2D eigenvalue weighted by molar-refractivity contribution is -0.135. The first-order valence-electron chi connectivity index (χ1n) is 9.60. The molecule has 0 aliphatic heterocycles. The molecule has 1 aromatic carbocycles. The van der Waals surface area contributed by atoms with E-state index >= 15 is 0 Å². The van der Waals surface area contributed by atoms with Crippen molar-refractivity contribution >= 4 is 22.8 Å². The van der Waals surface area contributed by atoms with Crippen molar-refractivity contribution in [3.05, 3.63) is 29.5 Å². The van der Waals surface area contributed by atoms with Crippen LogP contribution in [0, 0.1) is 6.92 Å². The number of hydrogen-bond acceptors (Lipinski definition) is 5. The predicted molar refractivity (Wildman–Crippen MR) is 102 cm³/mol. The minimum Gasteiger partial charge on any atom is -0.494 e. The number of fused-ring (bicyclic) bond motifs is 1. The molecule has 1 saturated carbocycles. The van der Waals surface area contributed by atoms with Gasteiger partial charge in [0.05, 0.1) is 6.61 Å². The van der Waals surface area contributed by atoms with Crippen molar-refractivity contribution < 1.29 is 23.5 Å². The molecule has 0 radical (unpaired) electrons. The summed E-state index contributed by atoms with van der Waals surface area (Å²) in [6, 6.07) is 5.66. The fraction of sp³-hybridized carbons (Fsp3) is 0.524. The summed E-state index contributed by atoms with van der Waals surface area (Å²) in [5, 5.41) is 0.804. The third-order valence-electron chi connectivity index (χ3n) is 5.25. The summed E-state index contributed by atoms with van der Waals surface area (Å²) in [4.78, 5) is 26.5. The largest absolute Gasteiger partial charge is 0.494 e. The smallest absolute Gasteiger partial charge is 0.375 e. The van der Waals surface area contributed by atoms with E-state index in [1.54, 1.807) is 31.0 Å². The van der Waals surface area contributed by atoms with E-state index in [0.29, 0.717) is 17.8 Å². The lowest BCUT2D eigenvalue weighted by Gasteiger charge is -2.31. The number of carbonyl (C=O) groups is 2. The van der Waals surface area contributed by atoms with Gasteiger partial charge in [-0.2, -0.15) is 0 Å². The molecule has 0 saturated heterocycles. The van der Waals surface area contributed by atoms with E-state index < -0.39 is 5.97 Å². The van der Waals surface area contributed by atoms with Crippen LogP contribution < -0.4 is 4.74 Å². The molecule has 0 atom stereocenters. The van der Waals surface area contributed by atoms with E-state index in [4.69, 9.17) is 13.9 Å². The van der Waals surface area contributed by atoms with Crippen LogP contribution in [0.15, 0.2) is 22.6 Å². The van der Waals surface area contributed by atoms with Gasteiger partial charge in [-0.15, -0.1) is 0 Å². The number of rotatable bonds is 6. The number of hydrogen-bond donors (Lipinski definition) is 0. The van der Waals surface area contributed by atoms with Crippen LogP contribution in [0.2, 0.25) is 0 Å². The second kappa shape index (κ2) is 8.46. The first-order valence-corrected chi connectivity index (χ1v) is 9.60. The summed E-state index contributed by atoms with van der Waals surface area (Å²) in [6.45, 7) is 4.01. The highest BCUT2D eigenvalue weighted by Gasteiger charge is 2.25. The number of benzene rings is 1. The number of nitrogens with zero attached hydrogens (tertiary/aromatic N) is 1. The monoisotopic (exact) mass is 373 g/mol. The van der Waals surface area contributed by atoms with Gasteiger partial charge in [-0.05, 0) is 44.9 Å². The second-order valence-electron chi connectivity index (χ2n) is 7.02. The normalized spacial score (nSPS) is 14.9. The van der Waals surface area contributed by atoms with E-state index in [-0.39, 0.29) is 24.3 Å². The van der Waals surface area contributed by atoms with Crippen LogP contribution in [0.1, 0.15) is 55.1 Å². The fourth-order valence-corrected chi connectivity index (χ4v) is 3.62. The molecule has 2 aromatic rings. The van der Waals surface area contributed by atoms with Crippen LogP contribution in [0.25, 0.3) is 11.0 Å². The Kier molecular flexibility index (Phi) is 6.04. The molecule has 1 fully saturated rings. The molecular weight excluding hydrogens is 346 g/mol. The van der Waals surface area contributed by atoms with Crippen molar-refractivity contribution in [2.24, 2.45) is 0 Å². The van der Waals surface area contributed by atoms with Crippen molar-refractivity contribution in [3.8, 4) is 5.75 Å². The number of furan rings is 1. The molecule has 1 aliphatic carbocycles. The van der Waals surface area contributed by atoms with Crippen molar-refractivity contribution in [1.29, 1.82) is 0 Å². The van der Waals surface area contributed by atoms with Crippen LogP contribution in [0.4, 0.5) is 0 Å². The Morgan fingerprint density at radius 3 is 2.67 bits per heavy atom. The lowest BCUT2D eigenvalue weighted by atomic mass is 9.94. The van der Waals surface area contributed by atoms with Gasteiger partial charge >= 0.3 is 5.97 Å². The minimum atomic E-state index is -0.618. The third-order valence-corrected chi connectivity index (χ3v) is 5.25. The highest BCUT2D eigenvalue weighted by molar-refractivity contribution is 5.97. The number of likely N-dealkylation sites (N-methyl/N-ethyl adjacent to an activating group) is 1. The van der Waals surface area contributed by atoms with E-state index in [0.717, 1.165) is 36.8 Å². The summed E-state index contributed by atoms with van der Waals surface area (Å²) in [5.74, 6) is 0.0552. The van der Waals surface area contributed by atoms with Gasteiger partial charge in [-0.1, -0.05) is 19.3 Å². The van der Waals surface area contributed by atoms with Crippen LogP contribution in [-0.2, 0) is 9.53 Å². The maximum atomic E-state index is 12.4. The molecule has 0 spiro atoms. The van der Waals surface area contributed by atoms with Gasteiger partial charge in [0.2, 0.25) is 5.76 Å². The Morgan fingerprint density at radius 1 is 1.22 bits per heavy atom. The molecule has 0 bridgehead atoms. The van der Waals surface area contributed by atoms with E-state index in [1.165, 1.54) is 6.42 Å². The van der Waals surface area contributed by atoms with E-state index in [1.807, 2.05) is 13.0 Å². The second-order valence-corrected chi connectivity index (χ2v) is 7.02. The first kappa shape index (κ1) is 19.3. The lowest BCUT2D eigenvalue weighted by Crippen LogP contribution is -2.40. The molecule has 1 heterocycles. The molecule has 0 N–H and O–H groups in total. The van der Waals surface area contributed by atoms with Gasteiger partial charge in [-0.25, -0.2) is 4.79 Å². The Morgan fingerprint density at radius 2 is 1.96 bits per heavy atom. The molecular formula is C21H27NO5. The van der Waals surface area contributed by atoms with Gasteiger partial charge in [0.25, 0.3) is 5.91 Å². The van der Waals surface area contributed by atoms with Gasteiger partial charge in [-0.3, -0.25) is 4.79 Å². The zero-order chi connectivity index (χ0) is 19.4. The highest BCUT2D eigenvalue weighted by Crippen LogP contribution is 2.29. The van der Waals surface area contributed by atoms with Crippen LogP contribution in [0.3, 0.4) is 0 Å². The summed E-state index contributed by atoms with van der Waals surface area (Å²) in [7, 11) is 1.79. The van der Waals surface area contributed by atoms with Gasteiger partial charge in [0.15, 0.2) is 6.61 Å². The summed E-state index contributed by atoms with van der Waals surface area (Å²) < 4.78 is 16.4. The number of esters is 1. The Bertz CT molecular complexity index is 819. The maximum absolute atomic E-state index is 12.4. The van der Waals surface area contributed by atoms with Gasteiger partial charge < -0.3 is 18.8 Å². The number of aryl methyl sites for hydroxylation is 1. The highest BCUT2D eigenvalue weighted by atomic mass is 16.5. The van der Waals surface area contributed by atoms with Gasteiger partial charge in [0, 0.05) is 24.0 Å².